The molecule has 2 aromatic rings. The summed E-state index contributed by atoms with van der Waals surface area (Å²) in [5, 5.41) is 0.184. The first-order valence-electron chi connectivity index (χ1n) is 13.5. The molecule has 1 heterocycles. The van der Waals surface area contributed by atoms with Crippen molar-refractivity contribution in [3.8, 4) is 11.1 Å². The number of hydrogen-bond acceptors (Lipinski definition) is 0. The average Bonchev–Trinajstić information content (AvgIpc) is 2.86. The molecule has 0 bridgehead atoms. The smallest absolute Gasteiger partial charge is 0.142 e. The van der Waals surface area contributed by atoms with E-state index in [1.807, 2.05) is 6.07 Å². The first-order valence-corrected chi connectivity index (χ1v) is 16.0. The summed E-state index contributed by atoms with van der Waals surface area (Å²) in [6.45, 7) is 2.32. The molecule has 179 valence electrons. The van der Waals surface area contributed by atoms with Crippen LogP contribution in [0.15, 0.2) is 42.5 Å². The summed E-state index contributed by atoms with van der Waals surface area (Å²) in [4.78, 5) is 0. The fourth-order valence-corrected chi connectivity index (χ4v) is 9.38. The van der Waals surface area contributed by atoms with E-state index in [4.69, 9.17) is 11.6 Å². The van der Waals surface area contributed by atoms with Gasteiger partial charge in [-0.3, -0.25) is 0 Å². The van der Waals surface area contributed by atoms with E-state index in [0.29, 0.717) is 5.92 Å². The molecule has 0 unspecified atom stereocenters. The number of hydrogen-bond donors (Lipinski definition) is 0. The molecule has 4 rings (SSSR count). The first-order chi connectivity index (χ1) is 16.1. The zero-order valence-corrected chi connectivity index (χ0v) is 22.2. The molecule has 2 aliphatic rings. The number of unbranched alkanes of at least 4 members (excludes halogenated alkanes) is 2. The third-order valence-corrected chi connectivity index (χ3v) is 11.8. The highest BCUT2D eigenvalue weighted by atomic mass is 35.5. The molecular weight excluding hydrogens is 443 g/mol. The van der Waals surface area contributed by atoms with Gasteiger partial charge >= 0.3 is 0 Å². The number of benzene rings is 2. The minimum Gasteiger partial charge on any atom is -0.205 e. The lowest BCUT2D eigenvalue weighted by Crippen LogP contribution is -2.22. The summed E-state index contributed by atoms with van der Waals surface area (Å²) in [6, 6.07) is 18.7. The van der Waals surface area contributed by atoms with Crippen molar-refractivity contribution in [3.63, 3.8) is 0 Å². The largest absolute Gasteiger partial charge is 0.205 e. The Balaban J connectivity index is 1.18. The fraction of sp³-hybridized carbons (Fsp3) is 0.600. The third kappa shape index (κ3) is 7.18. The normalized spacial score (nSPS) is 22.5. The second kappa shape index (κ2) is 12.5. The van der Waals surface area contributed by atoms with Gasteiger partial charge in [0.05, 0.1) is 5.02 Å². The molecule has 0 spiro atoms. The maximum absolute atomic E-state index is 13.8. The van der Waals surface area contributed by atoms with Crippen molar-refractivity contribution in [3.05, 3.63) is 58.9 Å². The summed E-state index contributed by atoms with van der Waals surface area (Å²) in [5.41, 5.74) is 3.41. The Morgan fingerprint density at radius 3 is 2.09 bits per heavy atom. The van der Waals surface area contributed by atoms with Gasteiger partial charge in [-0.2, -0.15) is 0 Å². The summed E-state index contributed by atoms with van der Waals surface area (Å²) < 4.78 is 13.8. The van der Waals surface area contributed by atoms with Gasteiger partial charge in [-0.15, -0.1) is 0 Å². The average molecular weight is 484 g/mol. The van der Waals surface area contributed by atoms with Crippen LogP contribution < -0.4 is 0 Å². The van der Waals surface area contributed by atoms with Crippen molar-refractivity contribution < 1.29 is 4.39 Å². The van der Waals surface area contributed by atoms with Gasteiger partial charge in [0.2, 0.25) is 0 Å². The molecule has 0 atom stereocenters. The van der Waals surface area contributed by atoms with Crippen molar-refractivity contribution in [1.29, 1.82) is 0 Å². The van der Waals surface area contributed by atoms with Crippen LogP contribution in [0.3, 0.4) is 0 Å². The van der Waals surface area contributed by atoms with Crippen LogP contribution in [-0.4, -0.2) is 8.80 Å². The summed E-state index contributed by atoms with van der Waals surface area (Å²) in [5.74, 6) is 2.33. The Morgan fingerprint density at radius 2 is 1.45 bits per heavy atom. The van der Waals surface area contributed by atoms with Crippen molar-refractivity contribution in [2.24, 2.45) is 11.8 Å². The SMILES string of the molecule is CCCCC[Si]1CCC(CCC2CCC(c3ccc(-c4ccc(Cl)c(F)c4)cc3)CC2)CC1. The van der Waals surface area contributed by atoms with Gasteiger partial charge < -0.3 is 0 Å². The summed E-state index contributed by atoms with van der Waals surface area (Å²) >= 11 is 5.83. The Hall–Kier alpha value is -1.12. The van der Waals surface area contributed by atoms with Crippen molar-refractivity contribution in [1.82, 2.24) is 0 Å². The number of halogens is 2. The molecule has 1 aliphatic carbocycles. The van der Waals surface area contributed by atoms with E-state index in [1.54, 1.807) is 37.0 Å². The Bertz CT molecular complexity index is 848. The van der Waals surface area contributed by atoms with Crippen LogP contribution in [0.25, 0.3) is 11.1 Å². The second-order valence-corrected chi connectivity index (χ2v) is 14.1. The van der Waals surface area contributed by atoms with Crippen LogP contribution in [0.1, 0.15) is 89.0 Å². The van der Waals surface area contributed by atoms with Gasteiger partial charge in [-0.05, 0) is 72.3 Å². The highest BCUT2D eigenvalue weighted by Gasteiger charge is 2.25. The Labute approximate surface area is 207 Å². The van der Waals surface area contributed by atoms with E-state index in [2.05, 4.69) is 31.2 Å². The molecule has 0 amide bonds. The lowest BCUT2D eigenvalue weighted by molar-refractivity contribution is 0.280. The molecule has 0 N–H and O–H groups in total. The first kappa shape index (κ1) is 25.0. The third-order valence-electron chi connectivity index (χ3n) is 8.41. The highest BCUT2D eigenvalue weighted by molar-refractivity contribution is 6.58. The van der Waals surface area contributed by atoms with E-state index in [1.165, 1.54) is 69.4 Å². The van der Waals surface area contributed by atoms with Crippen LogP contribution in [0.4, 0.5) is 4.39 Å². The minimum atomic E-state index is -0.349. The van der Waals surface area contributed by atoms with E-state index >= 15 is 0 Å². The van der Waals surface area contributed by atoms with Gasteiger partial charge in [0.1, 0.15) is 5.82 Å². The summed E-state index contributed by atoms with van der Waals surface area (Å²) in [6.07, 6.45) is 15.8. The van der Waals surface area contributed by atoms with Gasteiger partial charge in [0, 0.05) is 8.80 Å². The Morgan fingerprint density at radius 1 is 0.818 bits per heavy atom. The number of rotatable bonds is 9. The standard InChI is InChI=1S/C30H41ClFSi/c1-2-3-4-19-33-20-17-24(18-21-33)6-5-23-7-9-25(10-8-23)26-11-13-27(14-12-26)28-15-16-29(31)30(32)22-28/h11-16,22-25H,2-10,17-21H2,1H3. The van der Waals surface area contributed by atoms with Crippen LogP contribution in [0, 0.1) is 17.7 Å². The molecule has 1 saturated heterocycles. The molecule has 1 radical (unpaired) electrons. The molecule has 1 saturated carbocycles. The van der Waals surface area contributed by atoms with Crippen molar-refractivity contribution >= 4 is 20.4 Å². The predicted molar refractivity (Wildman–Crippen MR) is 143 cm³/mol. The topological polar surface area (TPSA) is 0 Å². The maximum atomic E-state index is 13.8. The lowest BCUT2D eigenvalue weighted by Gasteiger charge is -2.32. The van der Waals surface area contributed by atoms with E-state index < -0.39 is 0 Å². The molecule has 2 aromatic carbocycles. The monoisotopic (exact) mass is 483 g/mol. The lowest BCUT2D eigenvalue weighted by atomic mass is 9.76. The quantitative estimate of drug-likeness (QED) is 0.245. The van der Waals surface area contributed by atoms with E-state index in [-0.39, 0.29) is 19.6 Å². The van der Waals surface area contributed by atoms with E-state index in [9.17, 15) is 4.39 Å². The minimum absolute atomic E-state index is 0.0180. The zero-order chi connectivity index (χ0) is 23.0. The second-order valence-electron chi connectivity index (χ2n) is 10.7. The fourth-order valence-electron chi connectivity index (χ4n) is 6.13. The predicted octanol–water partition coefficient (Wildman–Crippen LogP) is 10.3. The van der Waals surface area contributed by atoms with Gasteiger partial charge in [0.15, 0.2) is 0 Å². The summed E-state index contributed by atoms with van der Waals surface area (Å²) in [7, 11) is 0.0180. The van der Waals surface area contributed by atoms with Crippen LogP contribution in [0.2, 0.25) is 23.2 Å². The van der Waals surface area contributed by atoms with Crippen LogP contribution in [-0.2, 0) is 0 Å². The molecule has 0 aromatic heterocycles. The van der Waals surface area contributed by atoms with Crippen LogP contribution >= 0.6 is 11.6 Å². The molecule has 33 heavy (non-hydrogen) atoms. The van der Waals surface area contributed by atoms with E-state index in [0.717, 1.165) is 23.0 Å². The van der Waals surface area contributed by atoms with Gasteiger partial charge in [-0.1, -0.05) is 112 Å². The molecule has 1 aliphatic heterocycles. The zero-order valence-electron chi connectivity index (χ0n) is 20.4. The molecular formula is C30H41ClFSi. The molecule has 3 heteroatoms. The van der Waals surface area contributed by atoms with Gasteiger partial charge in [0.25, 0.3) is 0 Å². The van der Waals surface area contributed by atoms with Crippen LogP contribution in [0.5, 0.6) is 0 Å². The Kier molecular flexibility index (Phi) is 9.50. The van der Waals surface area contributed by atoms with Gasteiger partial charge in [-0.25, -0.2) is 4.39 Å². The van der Waals surface area contributed by atoms with Crippen molar-refractivity contribution in [2.75, 3.05) is 0 Å². The molecule has 2 fully saturated rings. The molecule has 0 nitrogen and oxygen atoms in total. The maximum Gasteiger partial charge on any atom is 0.142 e. The highest BCUT2D eigenvalue weighted by Crippen LogP contribution is 2.40. The van der Waals surface area contributed by atoms with Crippen molar-refractivity contribution in [2.45, 2.75) is 102 Å².